The van der Waals surface area contributed by atoms with Gasteiger partial charge in [0, 0.05) is 17.6 Å². The molecular formula is C17H19N3O2. The Morgan fingerprint density at radius 3 is 2.73 bits per heavy atom. The van der Waals surface area contributed by atoms with E-state index < -0.39 is 6.10 Å². The number of aromatic nitrogens is 2. The van der Waals surface area contributed by atoms with Crippen molar-refractivity contribution in [3.05, 3.63) is 60.3 Å². The largest absolute Gasteiger partial charge is 0.394 e. The summed E-state index contributed by atoms with van der Waals surface area (Å²) in [6.07, 6.45) is 1.09. The molecular weight excluding hydrogens is 278 g/mol. The number of anilines is 1. The molecule has 0 aliphatic rings. The third-order valence-electron chi connectivity index (χ3n) is 3.57. The molecule has 2 aromatic carbocycles. The van der Waals surface area contributed by atoms with Crippen LogP contribution in [0.1, 0.15) is 5.56 Å². The highest BCUT2D eigenvalue weighted by Gasteiger charge is 2.06. The highest BCUT2D eigenvalue weighted by molar-refractivity contribution is 5.82. The van der Waals surface area contributed by atoms with Crippen LogP contribution in [0.5, 0.6) is 0 Å². The predicted molar refractivity (Wildman–Crippen MR) is 86.9 cm³/mol. The maximum absolute atomic E-state index is 9.37. The normalized spacial score (nSPS) is 12.5. The molecule has 0 bridgehead atoms. The van der Waals surface area contributed by atoms with Gasteiger partial charge in [0.25, 0.3) is 0 Å². The Morgan fingerprint density at radius 1 is 1.14 bits per heavy atom. The molecule has 0 aliphatic heterocycles. The van der Waals surface area contributed by atoms with Crippen LogP contribution in [0.3, 0.4) is 0 Å². The van der Waals surface area contributed by atoms with Gasteiger partial charge >= 0.3 is 0 Å². The predicted octanol–water partition coefficient (Wildman–Crippen LogP) is 1.85. The van der Waals surface area contributed by atoms with Crippen molar-refractivity contribution in [3.63, 3.8) is 0 Å². The van der Waals surface area contributed by atoms with Crippen molar-refractivity contribution in [2.75, 3.05) is 18.5 Å². The summed E-state index contributed by atoms with van der Waals surface area (Å²) in [5.74, 6) is 0. The van der Waals surface area contributed by atoms with Crippen molar-refractivity contribution in [3.8, 4) is 0 Å². The molecule has 0 saturated heterocycles. The molecule has 114 valence electrons. The lowest BCUT2D eigenvalue weighted by Crippen LogP contribution is -2.22. The molecule has 22 heavy (non-hydrogen) atoms. The first-order valence-corrected chi connectivity index (χ1v) is 7.28. The highest BCUT2D eigenvalue weighted by atomic mass is 16.3. The van der Waals surface area contributed by atoms with Gasteiger partial charge in [0.1, 0.15) is 0 Å². The van der Waals surface area contributed by atoms with Crippen LogP contribution in [-0.2, 0) is 6.54 Å². The van der Waals surface area contributed by atoms with Crippen molar-refractivity contribution in [2.24, 2.45) is 0 Å². The van der Waals surface area contributed by atoms with Crippen LogP contribution in [0.4, 0.5) is 5.69 Å². The average molecular weight is 297 g/mol. The van der Waals surface area contributed by atoms with Gasteiger partial charge in [0.05, 0.1) is 31.0 Å². The number of nitrogens with one attached hydrogen (secondary N) is 1. The Balaban J connectivity index is 1.77. The zero-order chi connectivity index (χ0) is 15.4. The van der Waals surface area contributed by atoms with Crippen LogP contribution in [0, 0.1) is 0 Å². The van der Waals surface area contributed by atoms with E-state index in [1.165, 1.54) is 5.56 Å². The van der Waals surface area contributed by atoms with E-state index in [-0.39, 0.29) is 6.61 Å². The van der Waals surface area contributed by atoms with Gasteiger partial charge in [-0.2, -0.15) is 5.10 Å². The maximum Gasteiger partial charge on any atom is 0.0942 e. The number of fused-ring (bicyclic) bond motifs is 1. The van der Waals surface area contributed by atoms with Crippen molar-refractivity contribution in [2.45, 2.75) is 12.6 Å². The number of rotatable bonds is 6. The third kappa shape index (κ3) is 3.27. The number of nitrogens with zero attached hydrogens (tertiary/aromatic N) is 2. The quantitative estimate of drug-likeness (QED) is 0.649. The Hall–Kier alpha value is -2.37. The zero-order valence-corrected chi connectivity index (χ0v) is 12.2. The van der Waals surface area contributed by atoms with E-state index in [9.17, 15) is 5.11 Å². The minimum atomic E-state index is -0.753. The van der Waals surface area contributed by atoms with E-state index in [4.69, 9.17) is 5.11 Å². The van der Waals surface area contributed by atoms with Crippen LogP contribution in [0.25, 0.3) is 10.9 Å². The molecule has 0 spiro atoms. The summed E-state index contributed by atoms with van der Waals surface area (Å²) in [6, 6.07) is 16.2. The van der Waals surface area contributed by atoms with Gasteiger partial charge in [-0.25, -0.2) is 0 Å². The molecule has 0 amide bonds. The lowest BCUT2D eigenvalue weighted by Gasteiger charge is -2.10. The summed E-state index contributed by atoms with van der Waals surface area (Å²) in [5.41, 5.74) is 3.18. The second-order valence-corrected chi connectivity index (χ2v) is 5.28. The molecule has 5 heteroatoms. The first-order valence-electron chi connectivity index (χ1n) is 7.28. The molecule has 1 unspecified atom stereocenters. The van der Waals surface area contributed by atoms with E-state index in [0.29, 0.717) is 6.54 Å². The van der Waals surface area contributed by atoms with Gasteiger partial charge < -0.3 is 15.5 Å². The Labute approximate surface area is 128 Å². The Morgan fingerprint density at radius 2 is 1.95 bits per heavy atom. The summed E-state index contributed by atoms with van der Waals surface area (Å²) in [5, 5.41) is 26.8. The van der Waals surface area contributed by atoms with Crippen molar-refractivity contribution in [1.82, 2.24) is 9.78 Å². The molecule has 3 N–H and O–H groups in total. The molecule has 0 fully saturated rings. The van der Waals surface area contributed by atoms with Gasteiger partial charge in [-0.05, 0) is 23.8 Å². The van der Waals surface area contributed by atoms with Crippen molar-refractivity contribution < 1.29 is 10.2 Å². The monoisotopic (exact) mass is 297 g/mol. The second kappa shape index (κ2) is 6.60. The molecule has 5 nitrogen and oxygen atoms in total. The molecule has 1 heterocycles. The highest BCUT2D eigenvalue weighted by Crippen LogP contribution is 2.20. The van der Waals surface area contributed by atoms with E-state index in [2.05, 4.69) is 22.5 Å². The lowest BCUT2D eigenvalue weighted by atomic mass is 10.2. The number of aliphatic hydroxyl groups is 2. The fraction of sp³-hybridized carbons (Fsp3) is 0.235. The topological polar surface area (TPSA) is 70.3 Å². The standard InChI is InChI=1S/C17H19N3O2/c21-12-16(22)10-18-15-6-7-17-14(8-15)9-19-20(17)11-13-4-2-1-3-5-13/h1-9,16,18,21-22H,10-12H2. The van der Waals surface area contributed by atoms with E-state index in [1.807, 2.05) is 47.3 Å². The molecule has 0 radical (unpaired) electrons. The van der Waals surface area contributed by atoms with Crippen LogP contribution < -0.4 is 5.32 Å². The minimum Gasteiger partial charge on any atom is -0.394 e. The number of benzene rings is 2. The molecule has 1 atom stereocenters. The lowest BCUT2D eigenvalue weighted by molar-refractivity contribution is 0.105. The fourth-order valence-corrected chi connectivity index (χ4v) is 2.38. The van der Waals surface area contributed by atoms with E-state index in [0.717, 1.165) is 23.1 Å². The minimum absolute atomic E-state index is 0.246. The van der Waals surface area contributed by atoms with Gasteiger partial charge in [0.2, 0.25) is 0 Å². The van der Waals surface area contributed by atoms with Gasteiger partial charge in [-0.1, -0.05) is 30.3 Å². The fourth-order valence-electron chi connectivity index (χ4n) is 2.38. The van der Waals surface area contributed by atoms with Crippen molar-refractivity contribution in [1.29, 1.82) is 0 Å². The number of hydrogen-bond donors (Lipinski definition) is 3. The maximum atomic E-state index is 9.37. The zero-order valence-electron chi connectivity index (χ0n) is 12.2. The average Bonchev–Trinajstić information content (AvgIpc) is 2.96. The van der Waals surface area contributed by atoms with Crippen LogP contribution >= 0.6 is 0 Å². The van der Waals surface area contributed by atoms with Gasteiger partial charge in [0.15, 0.2) is 0 Å². The summed E-state index contributed by atoms with van der Waals surface area (Å²) in [7, 11) is 0. The number of aliphatic hydroxyl groups excluding tert-OH is 2. The van der Waals surface area contributed by atoms with E-state index >= 15 is 0 Å². The smallest absolute Gasteiger partial charge is 0.0942 e. The van der Waals surface area contributed by atoms with Crippen LogP contribution in [0.2, 0.25) is 0 Å². The SMILES string of the molecule is OCC(O)CNc1ccc2c(cnn2Cc2ccccc2)c1. The Bertz CT molecular complexity index is 740. The first-order chi connectivity index (χ1) is 10.8. The molecule has 1 aromatic heterocycles. The van der Waals surface area contributed by atoms with Crippen LogP contribution in [-0.4, -0.2) is 39.2 Å². The molecule has 3 aromatic rings. The summed E-state index contributed by atoms with van der Waals surface area (Å²) in [4.78, 5) is 0. The van der Waals surface area contributed by atoms with Gasteiger partial charge in [-0.15, -0.1) is 0 Å². The summed E-state index contributed by atoms with van der Waals surface area (Å²) in [6.45, 7) is 0.810. The third-order valence-corrected chi connectivity index (χ3v) is 3.57. The Kier molecular flexibility index (Phi) is 4.37. The second-order valence-electron chi connectivity index (χ2n) is 5.28. The molecule has 0 saturated carbocycles. The summed E-state index contributed by atoms with van der Waals surface area (Å²) < 4.78 is 1.97. The summed E-state index contributed by atoms with van der Waals surface area (Å²) >= 11 is 0. The molecule has 0 aliphatic carbocycles. The number of hydrogen-bond acceptors (Lipinski definition) is 4. The van der Waals surface area contributed by atoms with E-state index in [1.54, 1.807) is 0 Å². The van der Waals surface area contributed by atoms with Crippen molar-refractivity contribution >= 4 is 16.6 Å². The van der Waals surface area contributed by atoms with Crippen LogP contribution in [0.15, 0.2) is 54.7 Å². The van der Waals surface area contributed by atoms with Gasteiger partial charge in [-0.3, -0.25) is 4.68 Å². The molecule has 3 rings (SSSR count). The first kappa shape index (κ1) is 14.6.